The molecule has 0 spiro atoms. The van der Waals surface area contributed by atoms with Gasteiger partial charge in [-0.15, -0.1) is 11.6 Å². The van der Waals surface area contributed by atoms with E-state index >= 15 is 0 Å². The Kier molecular flexibility index (Phi) is 203. The summed E-state index contributed by atoms with van der Waals surface area (Å²) >= 11 is 4.64. The van der Waals surface area contributed by atoms with Crippen LogP contribution in [0.2, 0.25) is 0 Å². The number of rotatable bonds is 21. The van der Waals surface area contributed by atoms with Gasteiger partial charge in [0.1, 0.15) is 25.0 Å². The normalized spacial score (nSPS) is 8.53. The van der Waals surface area contributed by atoms with Crippen molar-refractivity contribution in [2.45, 2.75) is 200 Å². The third kappa shape index (κ3) is 310. The summed E-state index contributed by atoms with van der Waals surface area (Å²) in [5, 5.41) is 39.8. The molecule has 0 unspecified atom stereocenters. The van der Waals surface area contributed by atoms with Crippen molar-refractivity contribution in [2.24, 2.45) is 12.8 Å². The van der Waals surface area contributed by atoms with Gasteiger partial charge < -0.3 is 118 Å². The van der Waals surface area contributed by atoms with Crippen molar-refractivity contribution in [1.29, 1.82) is 0 Å². The number of anilines is 1. The highest BCUT2D eigenvalue weighted by Gasteiger charge is 2.16. The number of ether oxygens (including phenoxy) is 16. The summed E-state index contributed by atoms with van der Waals surface area (Å²) in [7, 11) is 32.5. The number of unbranched alkanes of at least 4 members (excludes halogenated alkanes) is 1. The molecule has 42 nitrogen and oxygen atoms in total. The van der Waals surface area contributed by atoms with Crippen LogP contribution in [0.1, 0.15) is 163 Å². The molecule has 0 bridgehead atoms. The number of benzene rings is 2. The Morgan fingerprint density at radius 1 is 0.583 bits per heavy atom. The number of alkyl carbamates (subject to hydrolysis) is 2. The van der Waals surface area contributed by atoms with Crippen LogP contribution in [0.5, 0.6) is 5.88 Å². The number of methoxy groups -OCH3 is 14. The fourth-order valence-electron chi connectivity index (χ4n) is 4.57. The smallest absolute Gasteiger partial charge is 0.407 e. The first kappa shape index (κ1) is 178. The second-order valence-electron chi connectivity index (χ2n) is 25.3. The number of carbonyl (C=O) groups is 8. The van der Waals surface area contributed by atoms with Crippen LogP contribution in [0.25, 0.3) is 0 Å². The number of aliphatic hydroxyl groups excluding tert-OH is 1. The lowest BCUT2D eigenvalue weighted by Gasteiger charge is -2.19. The summed E-state index contributed by atoms with van der Waals surface area (Å²) in [6, 6.07) is 23.3. The Morgan fingerprint density at radius 3 is 1.14 bits per heavy atom. The molecule has 0 saturated heterocycles. The Hall–Kier alpha value is -10.4. The number of nitro groups is 1. The molecule has 830 valence electrons. The van der Waals surface area contributed by atoms with Crippen LogP contribution in [-0.4, -0.2) is 324 Å². The first-order valence-corrected chi connectivity index (χ1v) is 42.4. The zero-order valence-corrected chi connectivity index (χ0v) is 91.9. The number of urea groups is 1. The summed E-state index contributed by atoms with van der Waals surface area (Å²) in [6.07, 6.45) is 13.4. The minimum Gasteiger partial charge on any atom is -0.480 e. The van der Waals surface area contributed by atoms with E-state index in [1.54, 1.807) is 122 Å². The number of nitrogens with two attached hydrogens (primary N) is 1. The SMILES string of the molecule is CC.CC(=O)NO.CC(=O)Nc1ccccc1.CC(F)(F)F.CC(N)=O.CCCCOC.CCCOC(=O)NC.CCOC.CCl.CF.CNC(=O)NC(C)(C)C.CNC(=O)OC(C)(C)C.CO.COC.COC(C)=O.COC(C)=O.COC(C)C.COC(F)F.COCCCn1cncn1.COCCOC.COCOC.COCc1ccccc1.COc1cnccn1.C[N+](=O)[O-].Cn1cccc1. The van der Waals surface area contributed by atoms with E-state index in [4.69, 9.17) is 48.8 Å². The van der Waals surface area contributed by atoms with E-state index < -0.39 is 23.6 Å². The number of amides is 7. The van der Waals surface area contributed by atoms with Gasteiger partial charge in [-0.1, -0.05) is 82.6 Å². The predicted molar refractivity (Wildman–Crippen MR) is 536 cm³/mol. The second kappa shape index (κ2) is 159. The molecule has 0 aliphatic heterocycles. The minimum absolute atomic E-state index is 0.0359. The number of aromatic nitrogens is 6. The second-order valence-corrected chi connectivity index (χ2v) is 25.3. The molecule has 3 heterocycles. The highest BCUT2D eigenvalue weighted by molar-refractivity contribution is 6.15. The lowest BCUT2D eigenvalue weighted by Crippen LogP contribution is -2.45. The monoisotopic (exact) mass is 2060 g/mol. The Bertz CT molecular complexity index is 2970. The maximum atomic E-state index is 10.6. The fourth-order valence-corrected chi connectivity index (χ4v) is 4.57. The molecule has 0 atom stereocenters. The number of para-hydroxylation sites is 1. The topological polar surface area (TPSA) is 527 Å². The standard InChI is InChI=1S/C8H9NO.C8H10O.C6H11N3O.C6H14N2O.C6H13NO2.C5H6N2O.C5H11NO2.C5H7N.C5H12O.C4H10O2.C4H10O.C3H8O2.2C3H6O2.C3H8O.C2H3F3.C2H4F2O.C2H5NO2.C2H5NO.C2H6O.C2H6.CH3Cl.CH3F.CH3NO2.CH4O/c1-7(10)9-8-5-3-2-4-6-8;1-9-7-8-5-3-2-4-6-8;1-10-4-2-3-9-6-7-5-8-9;1-6(2,3)8-5(9)7-4;1-6(2,3)9-5(8)7-4;1-8-5-4-6-2-3-7-5;1-3-4-8-5(7)6-2;1-6-4-2-3-5-6;1-3-4-5-6-2;1-5-3-4-6-2;1-4(2)5-3;1-4-3-5-2;2*1-3(4)5-2;1-3-4-2;1-2(3,4)5;1-5-2(3)4;1-2(4)3-5;1-2(3)4;1-3-2;3*1-2;1-2(3)4;1-2/h2-6H,1H3,(H,9,10);2-6H,7H2,1H3;5-6H,2-4H2,1H3;1-4H3,(H2,7,8,9);1-4H3,(H,7,8);2-4H,1H3;3-4H2,1-2H3,(H,6,7);2-5H,1H3;3-5H2,1-2H3;3-4H2,1-2H3;4H,1-3H3;3H2,1-2H3;2*1-2H3;3H2,1-2H3;1H3;2H,1H3;5H,1H3,(H,3,4);1H3,(H2,3,4);1-2H3;1-2H3;2*1H3;1H3;2H,1H3. The third-order valence-electron chi connectivity index (χ3n) is 10.0. The van der Waals surface area contributed by atoms with Crippen LogP contribution in [0, 0.1) is 10.1 Å². The molecule has 10 N–H and O–H groups in total. The average molecular weight is 2060 g/mol. The first-order valence-electron chi connectivity index (χ1n) is 41.7. The molecule has 5 aromatic rings. The van der Waals surface area contributed by atoms with Crippen LogP contribution in [0.3, 0.4) is 0 Å². The van der Waals surface area contributed by atoms with Gasteiger partial charge in [0.25, 0.3) is 0 Å². The first-order chi connectivity index (χ1) is 65.1. The van der Waals surface area contributed by atoms with Gasteiger partial charge in [0.2, 0.25) is 23.6 Å². The summed E-state index contributed by atoms with van der Waals surface area (Å²) in [5.41, 5.74) is 7.40. The predicted octanol–water partition coefficient (Wildman–Crippen LogP) is 15.6. The van der Waals surface area contributed by atoms with Crippen molar-refractivity contribution in [3.05, 3.63) is 132 Å². The van der Waals surface area contributed by atoms with Gasteiger partial charge in [-0.2, -0.15) is 27.1 Å². The molecule has 0 saturated carbocycles. The van der Waals surface area contributed by atoms with E-state index in [-0.39, 0.29) is 60.0 Å². The van der Waals surface area contributed by atoms with Gasteiger partial charge in [0.05, 0.1) is 67.2 Å². The van der Waals surface area contributed by atoms with Crippen LogP contribution in [0.4, 0.5) is 46.4 Å². The number of nitrogens with zero attached hydrogens (tertiary/aromatic N) is 7. The number of alkyl halides is 7. The number of carbonyl (C=O) groups excluding carboxylic acids is 8. The zero-order chi connectivity index (χ0) is 114. The molecule has 49 heteroatoms. The Labute approximate surface area is 832 Å². The number of hydrogen-bond donors (Lipinski definition) is 9. The minimum atomic E-state index is -4.00. The van der Waals surface area contributed by atoms with Gasteiger partial charge in [-0.05, 0) is 111 Å². The molecule has 3 aromatic heterocycles. The molecule has 139 heavy (non-hydrogen) atoms. The van der Waals surface area contributed by atoms with Gasteiger partial charge in [0, 0.05) is 236 Å². The van der Waals surface area contributed by atoms with Crippen molar-refractivity contribution in [1.82, 2.24) is 56.0 Å². The van der Waals surface area contributed by atoms with E-state index in [9.17, 15) is 64.7 Å². The van der Waals surface area contributed by atoms with Crippen molar-refractivity contribution in [3.8, 4) is 5.88 Å². The number of hydrogen-bond acceptors (Lipinski definition) is 32. The quantitative estimate of drug-likeness (QED) is 0.00379. The number of hydroxylamine groups is 1. The van der Waals surface area contributed by atoms with Crippen LogP contribution in [0.15, 0.2) is 116 Å². The van der Waals surface area contributed by atoms with Crippen molar-refractivity contribution >= 4 is 65.2 Å². The lowest BCUT2D eigenvalue weighted by atomic mass is 10.1. The fraction of sp³-hybridized carbons (Fsp3) is 0.667. The molecular formula is C90H183ClF6N14O28. The van der Waals surface area contributed by atoms with Crippen molar-refractivity contribution in [2.75, 3.05) is 207 Å². The summed E-state index contributed by atoms with van der Waals surface area (Å²) in [5.74, 6) is -0.751. The van der Waals surface area contributed by atoms with Gasteiger partial charge in [-0.25, -0.2) is 29.8 Å². The molecule has 7 amide bonds. The largest absolute Gasteiger partial charge is 0.480 e. The van der Waals surface area contributed by atoms with E-state index in [1.807, 2.05) is 180 Å². The highest BCUT2D eigenvalue weighted by Crippen LogP contribution is 2.10. The number of nitrogens with one attached hydrogen (secondary N) is 6. The summed E-state index contributed by atoms with van der Waals surface area (Å²) in [6.45, 7) is 36.0. The zero-order valence-electron chi connectivity index (χ0n) is 91.2. The number of aliphatic hydroxyl groups is 1. The van der Waals surface area contributed by atoms with Gasteiger partial charge in [0.15, 0.2) is 7.05 Å². The maximum absolute atomic E-state index is 10.6. The molecule has 0 aliphatic carbocycles. The number of aryl methyl sites for hydroxylation is 2. The van der Waals surface area contributed by atoms with E-state index in [0.29, 0.717) is 52.4 Å². The van der Waals surface area contributed by atoms with Gasteiger partial charge in [-0.3, -0.25) is 53.4 Å². The summed E-state index contributed by atoms with van der Waals surface area (Å²) < 4.78 is 138. The number of esters is 2. The average Bonchev–Trinajstić information content (AvgIpc) is 1.44. The molecule has 0 radical (unpaired) electrons. The van der Waals surface area contributed by atoms with E-state index in [0.717, 1.165) is 66.2 Å². The summed E-state index contributed by atoms with van der Waals surface area (Å²) in [4.78, 5) is 99.4. The molecule has 2 aromatic carbocycles. The van der Waals surface area contributed by atoms with Crippen LogP contribution < -0.4 is 42.5 Å². The van der Waals surface area contributed by atoms with Crippen molar-refractivity contribution in [3.63, 3.8) is 0 Å². The molecule has 0 fully saturated rings. The molecule has 0 aliphatic rings. The number of primary amides is 1. The van der Waals surface area contributed by atoms with Crippen molar-refractivity contribution < 1.29 is 156 Å². The van der Waals surface area contributed by atoms with E-state index in [2.05, 4.69) is 118 Å². The molecule has 5 rings (SSSR count). The lowest BCUT2D eigenvalue weighted by molar-refractivity contribution is -0.445. The Morgan fingerprint density at radius 2 is 0.950 bits per heavy atom. The Balaban J connectivity index is -0.0000000596. The van der Waals surface area contributed by atoms with E-state index in [1.165, 1.54) is 99.5 Å². The number of halogens is 7. The maximum Gasteiger partial charge on any atom is 0.407 e. The molecular weight excluding hydrogens is 1870 g/mol. The third-order valence-corrected chi connectivity index (χ3v) is 10.0. The van der Waals surface area contributed by atoms with Gasteiger partial charge >= 0.3 is 42.9 Å². The van der Waals surface area contributed by atoms with Crippen LogP contribution >= 0.6 is 11.6 Å². The highest BCUT2D eigenvalue weighted by atomic mass is 35.5. The van der Waals surface area contributed by atoms with Crippen LogP contribution in [-0.2, 0) is 115 Å².